The Kier molecular flexibility index (Phi) is 5.15. The number of rotatable bonds is 3. The summed E-state index contributed by atoms with van der Waals surface area (Å²) in [6.45, 7) is 5.32. The molecule has 0 spiro atoms. The summed E-state index contributed by atoms with van der Waals surface area (Å²) in [7, 11) is 0. The van der Waals surface area contributed by atoms with Crippen molar-refractivity contribution in [1.82, 2.24) is 4.90 Å². The topological polar surface area (TPSA) is 29.5 Å². The lowest BCUT2D eigenvalue weighted by Gasteiger charge is -2.42. The number of amides is 1. The van der Waals surface area contributed by atoms with Gasteiger partial charge in [-0.15, -0.1) is 11.8 Å². The molecule has 1 aliphatic rings. The van der Waals surface area contributed by atoms with Gasteiger partial charge in [-0.25, -0.2) is 0 Å². The lowest BCUT2D eigenvalue weighted by Crippen LogP contribution is -2.55. The van der Waals surface area contributed by atoms with Crippen molar-refractivity contribution in [3.8, 4) is 0 Å². The van der Waals surface area contributed by atoms with Crippen molar-refractivity contribution in [2.75, 3.05) is 24.7 Å². The molecule has 1 saturated heterocycles. The highest BCUT2D eigenvalue weighted by atomic mass is 79.9. The van der Waals surface area contributed by atoms with Gasteiger partial charge in [-0.1, -0.05) is 28.1 Å². The van der Waals surface area contributed by atoms with Crippen molar-refractivity contribution in [3.05, 3.63) is 29.8 Å². The zero-order valence-electron chi connectivity index (χ0n) is 12.1. The third kappa shape index (κ3) is 3.57. The van der Waals surface area contributed by atoms with Gasteiger partial charge < -0.3 is 9.64 Å². The molecule has 0 N–H and O–H groups in total. The summed E-state index contributed by atoms with van der Waals surface area (Å²) >= 11 is 5.06. The molecule has 2 rings (SSSR count). The van der Waals surface area contributed by atoms with E-state index in [2.05, 4.69) is 15.9 Å². The maximum Gasteiger partial charge on any atom is 0.255 e. The fourth-order valence-corrected chi connectivity index (χ4v) is 3.45. The van der Waals surface area contributed by atoms with Crippen LogP contribution >= 0.6 is 27.7 Å². The lowest BCUT2D eigenvalue weighted by atomic mass is 10.0. The number of thioether (sulfide) groups is 1. The summed E-state index contributed by atoms with van der Waals surface area (Å²) in [6, 6.07) is 7.78. The number of alkyl halides is 1. The minimum absolute atomic E-state index is 0.0455. The minimum Gasteiger partial charge on any atom is -0.368 e. The number of halogens is 1. The molecule has 1 amide bonds. The van der Waals surface area contributed by atoms with Gasteiger partial charge in [0, 0.05) is 23.3 Å². The van der Waals surface area contributed by atoms with Gasteiger partial charge in [0.2, 0.25) is 0 Å². The maximum atomic E-state index is 12.8. The van der Waals surface area contributed by atoms with Crippen LogP contribution in [0.1, 0.15) is 24.2 Å². The quantitative estimate of drug-likeness (QED) is 0.613. The van der Waals surface area contributed by atoms with Gasteiger partial charge in [-0.3, -0.25) is 4.79 Å². The van der Waals surface area contributed by atoms with Crippen LogP contribution in [0.2, 0.25) is 0 Å². The summed E-state index contributed by atoms with van der Waals surface area (Å²) in [6.07, 6.45) is 2.04. The molecule has 1 heterocycles. The van der Waals surface area contributed by atoms with Crippen molar-refractivity contribution < 1.29 is 9.53 Å². The molecule has 1 aromatic rings. The molecule has 5 heteroatoms. The molecule has 0 aromatic heterocycles. The average molecular weight is 358 g/mol. The second kappa shape index (κ2) is 6.50. The molecule has 1 fully saturated rings. The summed E-state index contributed by atoms with van der Waals surface area (Å²) in [5.74, 6) is 0.0947. The van der Waals surface area contributed by atoms with Crippen molar-refractivity contribution in [1.29, 1.82) is 0 Å². The van der Waals surface area contributed by atoms with Crippen LogP contribution < -0.4 is 0 Å². The van der Waals surface area contributed by atoms with Crippen molar-refractivity contribution in [2.45, 2.75) is 30.4 Å². The molecular formula is C15H20BrNO2S. The Balaban J connectivity index is 2.23. The molecule has 1 aromatic carbocycles. The zero-order valence-corrected chi connectivity index (χ0v) is 14.5. The molecule has 3 nitrogen and oxygen atoms in total. The van der Waals surface area contributed by atoms with E-state index in [0.717, 1.165) is 15.8 Å². The predicted octanol–water partition coefficient (Wildman–Crippen LogP) is 3.42. The van der Waals surface area contributed by atoms with E-state index < -0.39 is 0 Å². The Hall–Kier alpha value is -0.520. The standard InChI is InChI=1S/C15H20BrNO2S/c1-15(2)10-17(9-11(8-16)19-15)14(18)12-6-4-5-7-13(12)20-3/h4-7,11H,8-10H2,1-3H3. The first kappa shape index (κ1) is 15.9. The zero-order chi connectivity index (χ0) is 14.8. The van der Waals surface area contributed by atoms with Gasteiger partial charge in [0.1, 0.15) is 0 Å². The van der Waals surface area contributed by atoms with Crippen LogP contribution in [0.25, 0.3) is 0 Å². The van der Waals surface area contributed by atoms with Crippen LogP contribution in [0.15, 0.2) is 29.2 Å². The van der Waals surface area contributed by atoms with Crippen LogP contribution in [-0.2, 0) is 4.74 Å². The van der Waals surface area contributed by atoms with Gasteiger partial charge in [0.15, 0.2) is 0 Å². The number of ether oxygens (including phenoxy) is 1. The Labute approximate surface area is 133 Å². The van der Waals surface area contributed by atoms with E-state index in [9.17, 15) is 4.79 Å². The van der Waals surface area contributed by atoms with Crippen LogP contribution in [-0.4, -0.2) is 47.2 Å². The van der Waals surface area contributed by atoms with Gasteiger partial charge in [0.25, 0.3) is 5.91 Å². The van der Waals surface area contributed by atoms with Crippen LogP contribution in [0.4, 0.5) is 0 Å². The van der Waals surface area contributed by atoms with E-state index in [-0.39, 0.29) is 17.6 Å². The number of hydrogen-bond acceptors (Lipinski definition) is 3. The van der Waals surface area contributed by atoms with Crippen molar-refractivity contribution in [2.24, 2.45) is 0 Å². The third-order valence-electron chi connectivity index (χ3n) is 3.28. The number of hydrogen-bond donors (Lipinski definition) is 0. The summed E-state index contributed by atoms with van der Waals surface area (Å²) in [5, 5.41) is 0.740. The first-order valence-corrected chi connectivity index (χ1v) is 8.97. The Morgan fingerprint density at radius 2 is 2.20 bits per heavy atom. The smallest absolute Gasteiger partial charge is 0.255 e. The number of carbonyl (C=O) groups excluding carboxylic acids is 1. The molecular weight excluding hydrogens is 338 g/mol. The average Bonchev–Trinajstić information content (AvgIpc) is 2.44. The van der Waals surface area contributed by atoms with Gasteiger partial charge in [0.05, 0.1) is 17.3 Å². The molecule has 0 aliphatic carbocycles. The van der Waals surface area contributed by atoms with Crippen LogP contribution in [0.3, 0.4) is 0 Å². The lowest BCUT2D eigenvalue weighted by molar-refractivity contribution is -0.116. The van der Waals surface area contributed by atoms with E-state index in [0.29, 0.717) is 13.1 Å². The summed E-state index contributed by atoms with van der Waals surface area (Å²) in [5.41, 5.74) is 0.478. The monoisotopic (exact) mass is 357 g/mol. The fourth-order valence-electron chi connectivity index (χ4n) is 2.52. The van der Waals surface area contributed by atoms with E-state index in [1.54, 1.807) is 11.8 Å². The molecule has 110 valence electrons. The molecule has 0 bridgehead atoms. The van der Waals surface area contributed by atoms with E-state index in [4.69, 9.17) is 4.74 Å². The second-order valence-electron chi connectivity index (χ2n) is 5.54. The SMILES string of the molecule is CSc1ccccc1C(=O)N1CC(CBr)OC(C)(C)C1. The molecule has 0 saturated carbocycles. The summed E-state index contributed by atoms with van der Waals surface area (Å²) < 4.78 is 5.95. The van der Waals surface area contributed by atoms with Crippen LogP contribution in [0.5, 0.6) is 0 Å². The Morgan fingerprint density at radius 1 is 1.50 bits per heavy atom. The second-order valence-corrected chi connectivity index (χ2v) is 7.04. The van der Waals surface area contributed by atoms with Gasteiger partial charge in [-0.05, 0) is 32.2 Å². The highest BCUT2D eigenvalue weighted by Gasteiger charge is 2.35. The van der Waals surface area contributed by atoms with Gasteiger partial charge >= 0.3 is 0 Å². The first-order valence-electron chi connectivity index (χ1n) is 6.63. The third-order valence-corrected chi connectivity index (χ3v) is 4.80. The number of benzene rings is 1. The predicted molar refractivity (Wildman–Crippen MR) is 86.9 cm³/mol. The largest absolute Gasteiger partial charge is 0.368 e. The molecule has 1 unspecified atom stereocenters. The van der Waals surface area contributed by atoms with E-state index in [1.807, 2.05) is 49.3 Å². The number of morpholine rings is 1. The maximum absolute atomic E-state index is 12.8. The molecule has 0 radical (unpaired) electrons. The molecule has 1 aliphatic heterocycles. The van der Waals surface area contributed by atoms with E-state index >= 15 is 0 Å². The number of carbonyl (C=O) groups is 1. The Bertz CT molecular complexity index is 493. The van der Waals surface area contributed by atoms with Gasteiger partial charge in [-0.2, -0.15) is 0 Å². The van der Waals surface area contributed by atoms with Crippen molar-refractivity contribution >= 4 is 33.6 Å². The molecule has 20 heavy (non-hydrogen) atoms. The Morgan fingerprint density at radius 3 is 2.85 bits per heavy atom. The first-order chi connectivity index (χ1) is 9.46. The normalized spacial score (nSPS) is 21.8. The summed E-state index contributed by atoms with van der Waals surface area (Å²) in [4.78, 5) is 15.7. The molecule has 1 atom stereocenters. The highest BCUT2D eigenvalue weighted by molar-refractivity contribution is 9.09. The van der Waals surface area contributed by atoms with E-state index in [1.165, 1.54) is 0 Å². The van der Waals surface area contributed by atoms with Crippen molar-refractivity contribution in [3.63, 3.8) is 0 Å². The fraction of sp³-hybridized carbons (Fsp3) is 0.533. The number of nitrogens with zero attached hydrogens (tertiary/aromatic N) is 1. The minimum atomic E-state index is -0.305. The highest BCUT2D eigenvalue weighted by Crippen LogP contribution is 2.26. The van der Waals surface area contributed by atoms with Crippen LogP contribution in [0, 0.1) is 0 Å².